The molecule has 15 heavy (non-hydrogen) atoms. The normalized spacial score (nSPS) is 11.2. The number of hydrogen-bond donors (Lipinski definition) is 1. The largest absolute Gasteiger partial charge is 0.506 e. The molecule has 0 bridgehead atoms. The van der Waals surface area contributed by atoms with Crippen LogP contribution in [0.5, 0.6) is 5.75 Å². The fourth-order valence-electron chi connectivity index (χ4n) is 1.78. The molecular formula is C12H12ClNO. The summed E-state index contributed by atoms with van der Waals surface area (Å²) in [7, 11) is 0. The van der Waals surface area contributed by atoms with E-state index in [1.54, 1.807) is 0 Å². The van der Waals surface area contributed by atoms with Crippen molar-refractivity contribution in [2.24, 2.45) is 0 Å². The molecule has 0 aliphatic rings. The Bertz CT molecular complexity index is 508. The van der Waals surface area contributed by atoms with Crippen LogP contribution in [-0.4, -0.2) is 10.1 Å². The molecule has 0 radical (unpaired) electrons. The van der Waals surface area contributed by atoms with Gasteiger partial charge in [0, 0.05) is 16.0 Å². The van der Waals surface area contributed by atoms with Crippen molar-refractivity contribution in [2.45, 2.75) is 19.8 Å². The van der Waals surface area contributed by atoms with Gasteiger partial charge in [0.25, 0.3) is 0 Å². The number of fused-ring (bicyclic) bond motifs is 1. The zero-order chi connectivity index (χ0) is 11.0. The summed E-state index contributed by atoms with van der Waals surface area (Å²) in [5, 5.41) is 11.4. The summed E-state index contributed by atoms with van der Waals surface area (Å²) < 4.78 is 0. The Labute approximate surface area is 93.5 Å². The molecule has 0 saturated carbocycles. The van der Waals surface area contributed by atoms with Gasteiger partial charge in [-0.2, -0.15) is 0 Å². The van der Waals surface area contributed by atoms with E-state index in [-0.39, 0.29) is 11.7 Å². The molecule has 0 spiro atoms. The van der Waals surface area contributed by atoms with E-state index in [4.69, 9.17) is 11.6 Å². The van der Waals surface area contributed by atoms with Gasteiger partial charge in [-0.25, -0.2) is 0 Å². The van der Waals surface area contributed by atoms with Gasteiger partial charge >= 0.3 is 0 Å². The zero-order valence-corrected chi connectivity index (χ0v) is 9.42. The van der Waals surface area contributed by atoms with Crippen LogP contribution in [0, 0.1) is 0 Å². The maximum Gasteiger partial charge on any atom is 0.137 e. The van der Waals surface area contributed by atoms with Gasteiger partial charge in [0.2, 0.25) is 0 Å². The third-order valence-electron chi connectivity index (χ3n) is 2.43. The number of aromatic hydroxyl groups is 1. The van der Waals surface area contributed by atoms with E-state index >= 15 is 0 Å². The maximum atomic E-state index is 9.75. The molecule has 0 saturated heterocycles. The van der Waals surface area contributed by atoms with Gasteiger partial charge in [0.1, 0.15) is 5.75 Å². The Morgan fingerprint density at radius 1 is 1.33 bits per heavy atom. The van der Waals surface area contributed by atoms with Gasteiger partial charge in [-0.15, -0.1) is 0 Å². The summed E-state index contributed by atoms with van der Waals surface area (Å²) in [6.07, 6.45) is 1.48. The lowest BCUT2D eigenvalue weighted by Crippen LogP contribution is -1.92. The molecule has 1 aromatic heterocycles. The third kappa shape index (κ3) is 1.77. The Balaban J connectivity index is 2.82. The van der Waals surface area contributed by atoms with Crippen molar-refractivity contribution in [3.63, 3.8) is 0 Å². The molecule has 1 N–H and O–H groups in total. The molecule has 1 aromatic carbocycles. The van der Waals surface area contributed by atoms with E-state index in [1.165, 1.54) is 6.20 Å². The Morgan fingerprint density at radius 2 is 2.07 bits per heavy atom. The first-order chi connectivity index (χ1) is 7.09. The van der Waals surface area contributed by atoms with Crippen LogP contribution in [0.25, 0.3) is 10.9 Å². The van der Waals surface area contributed by atoms with E-state index in [1.807, 2.05) is 32.0 Å². The lowest BCUT2D eigenvalue weighted by atomic mass is 9.98. The van der Waals surface area contributed by atoms with Gasteiger partial charge in [-0.3, -0.25) is 4.98 Å². The van der Waals surface area contributed by atoms with Crippen LogP contribution in [0.1, 0.15) is 25.3 Å². The van der Waals surface area contributed by atoms with E-state index in [9.17, 15) is 5.11 Å². The fraction of sp³-hybridized carbons (Fsp3) is 0.250. The number of benzene rings is 1. The molecule has 2 aromatic rings. The average Bonchev–Trinajstić information content (AvgIpc) is 2.17. The Hall–Kier alpha value is -1.28. The highest BCUT2D eigenvalue weighted by atomic mass is 35.5. The molecular weight excluding hydrogens is 210 g/mol. The van der Waals surface area contributed by atoms with Crippen molar-refractivity contribution in [3.8, 4) is 5.75 Å². The van der Waals surface area contributed by atoms with Crippen LogP contribution in [0.3, 0.4) is 0 Å². The molecule has 0 aliphatic heterocycles. The molecule has 1 heterocycles. The molecule has 0 unspecified atom stereocenters. The van der Waals surface area contributed by atoms with Crippen LogP contribution in [0.2, 0.25) is 5.02 Å². The number of pyridine rings is 1. The molecule has 78 valence electrons. The highest BCUT2D eigenvalue weighted by molar-refractivity contribution is 6.31. The first-order valence-corrected chi connectivity index (χ1v) is 5.24. The summed E-state index contributed by atoms with van der Waals surface area (Å²) in [6, 6.07) is 5.53. The quantitative estimate of drug-likeness (QED) is 0.796. The number of nitrogens with zero attached hydrogens (tertiary/aromatic N) is 1. The SMILES string of the molecule is CC(C)c1c(O)cnc2cc(Cl)ccc12. The summed E-state index contributed by atoms with van der Waals surface area (Å²) in [5.41, 5.74) is 1.75. The second-order valence-corrected chi connectivity index (χ2v) is 4.31. The van der Waals surface area contributed by atoms with Gasteiger partial charge in [-0.05, 0) is 18.1 Å². The third-order valence-corrected chi connectivity index (χ3v) is 2.66. The van der Waals surface area contributed by atoms with E-state index < -0.39 is 0 Å². The van der Waals surface area contributed by atoms with E-state index in [2.05, 4.69) is 4.98 Å². The summed E-state index contributed by atoms with van der Waals surface area (Å²) in [6.45, 7) is 4.09. The second-order valence-electron chi connectivity index (χ2n) is 3.87. The number of hydrogen-bond acceptors (Lipinski definition) is 2. The fourth-order valence-corrected chi connectivity index (χ4v) is 1.95. The number of rotatable bonds is 1. The minimum atomic E-state index is 0.250. The standard InChI is InChI=1S/C12H12ClNO/c1-7(2)12-9-4-3-8(13)5-10(9)14-6-11(12)15/h3-7,15H,1-2H3. The Kier molecular flexibility index (Phi) is 2.53. The van der Waals surface area contributed by atoms with Gasteiger partial charge < -0.3 is 5.11 Å². The van der Waals surface area contributed by atoms with Crippen molar-refractivity contribution in [1.29, 1.82) is 0 Å². The molecule has 0 aliphatic carbocycles. The van der Waals surface area contributed by atoms with Crippen LogP contribution >= 0.6 is 11.6 Å². The molecule has 0 fully saturated rings. The van der Waals surface area contributed by atoms with Crippen molar-refractivity contribution in [2.75, 3.05) is 0 Å². The van der Waals surface area contributed by atoms with Crippen molar-refractivity contribution in [3.05, 3.63) is 35.0 Å². The summed E-state index contributed by atoms with van der Waals surface area (Å²) in [4.78, 5) is 4.15. The van der Waals surface area contributed by atoms with Gasteiger partial charge in [0.15, 0.2) is 0 Å². The van der Waals surface area contributed by atoms with Gasteiger partial charge in [-0.1, -0.05) is 31.5 Å². The minimum absolute atomic E-state index is 0.250. The van der Waals surface area contributed by atoms with Gasteiger partial charge in [0.05, 0.1) is 11.7 Å². The van der Waals surface area contributed by atoms with Crippen LogP contribution < -0.4 is 0 Å². The molecule has 3 heteroatoms. The lowest BCUT2D eigenvalue weighted by Gasteiger charge is -2.11. The Morgan fingerprint density at radius 3 is 2.73 bits per heavy atom. The molecule has 0 atom stereocenters. The molecule has 2 nitrogen and oxygen atoms in total. The van der Waals surface area contributed by atoms with Crippen LogP contribution in [-0.2, 0) is 0 Å². The highest BCUT2D eigenvalue weighted by Crippen LogP contribution is 2.32. The van der Waals surface area contributed by atoms with E-state index in [0.29, 0.717) is 5.02 Å². The van der Waals surface area contributed by atoms with Crippen molar-refractivity contribution >= 4 is 22.5 Å². The smallest absolute Gasteiger partial charge is 0.137 e. The molecule has 0 amide bonds. The first-order valence-electron chi connectivity index (χ1n) is 4.86. The number of halogens is 1. The second kappa shape index (κ2) is 3.70. The highest BCUT2D eigenvalue weighted by Gasteiger charge is 2.11. The van der Waals surface area contributed by atoms with Crippen LogP contribution in [0.15, 0.2) is 24.4 Å². The van der Waals surface area contributed by atoms with Crippen molar-refractivity contribution < 1.29 is 5.11 Å². The predicted octanol–water partition coefficient (Wildman–Crippen LogP) is 3.72. The minimum Gasteiger partial charge on any atom is -0.506 e. The maximum absolute atomic E-state index is 9.75. The summed E-state index contributed by atoms with van der Waals surface area (Å²) >= 11 is 5.89. The molecule has 2 rings (SSSR count). The summed E-state index contributed by atoms with van der Waals surface area (Å²) in [5.74, 6) is 0.511. The van der Waals surface area contributed by atoms with Crippen molar-refractivity contribution in [1.82, 2.24) is 4.98 Å². The lowest BCUT2D eigenvalue weighted by molar-refractivity contribution is 0.464. The average molecular weight is 222 g/mol. The first kappa shape index (κ1) is 10.2. The predicted molar refractivity (Wildman–Crippen MR) is 62.5 cm³/mol. The van der Waals surface area contributed by atoms with Crippen LogP contribution in [0.4, 0.5) is 0 Å². The topological polar surface area (TPSA) is 33.1 Å². The number of aromatic nitrogens is 1. The van der Waals surface area contributed by atoms with E-state index in [0.717, 1.165) is 16.5 Å². The monoisotopic (exact) mass is 221 g/mol. The zero-order valence-electron chi connectivity index (χ0n) is 8.66.